The Labute approximate surface area is 105 Å². The lowest BCUT2D eigenvalue weighted by atomic mass is 9.18. The Morgan fingerprint density at radius 2 is 1.47 bits per heavy atom. The van der Waals surface area contributed by atoms with Crippen molar-refractivity contribution in [3.63, 3.8) is 0 Å². The predicted octanol–water partition coefficient (Wildman–Crippen LogP) is 4.06. The molecule has 0 aromatic rings. The molecule has 96 valence electrons. The molecule has 5 aliphatic rings. The SMILES string of the molecule is CC12CC(C)(C)C3C(C)(C1)C(C)(C)C3(C)C2=O. The average Bonchev–Trinajstić information content (AvgIpc) is 2.10. The van der Waals surface area contributed by atoms with Gasteiger partial charge in [-0.15, -0.1) is 0 Å². The summed E-state index contributed by atoms with van der Waals surface area (Å²) in [5, 5.41) is 0. The van der Waals surface area contributed by atoms with E-state index in [1.807, 2.05) is 0 Å². The van der Waals surface area contributed by atoms with Crippen LogP contribution in [0.2, 0.25) is 0 Å². The first-order valence-corrected chi connectivity index (χ1v) is 6.98. The highest BCUT2D eigenvalue weighted by Gasteiger charge is 2.85. The zero-order chi connectivity index (χ0) is 13.1. The van der Waals surface area contributed by atoms with Crippen LogP contribution >= 0.6 is 0 Å². The molecular formula is C16H26O. The van der Waals surface area contributed by atoms with Gasteiger partial charge in [0.2, 0.25) is 0 Å². The molecule has 0 aromatic carbocycles. The van der Waals surface area contributed by atoms with Gasteiger partial charge < -0.3 is 0 Å². The van der Waals surface area contributed by atoms with Gasteiger partial charge in [0.1, 0.15) is 5.78 Å². The number of rotatable bonds is 0. The smallest absolute Gasteiger partial charge is 0.145 e. The molecule has 0 saturated heterocycles. The normalized spacial score (nSPS) is 57.8. The Morgan fingerprint density at radius 1 is 0.941 bits per heavy atom. The van der Waals surface area contributed by atoms with Crippen LogP contribution in [0.1, 0.15) is 61.3 Å². The molecule has 0 aliphatic heterocycles. The number of fused-ring (bicyclic) bond motifs is 1. The fraction of sp³-hybridized carbons (Fsp3) is 0.938. The lowest BCUT2D eigenvalue weighted by Gasteiger charge is -2.84. The summed E-state index contributed by atoms with van der Waals surface area (Å²) < 4.78 is 0. The number of carbonyl (C=O) groups is 1. The maximum atomic E-state index is 12.9. The zero-order valence-electron chi connectivity index (χ0n) is 12.4. The minimum atomic E-state index is -0.0868. The van der Waals surface area contributed by atoms with E-state index < -0.39 is 0 Å². The van der Waals surface area contributed by atoms with Gasteiger partial charge in [-0.1, -0.05) is 48.5 Å². The summed E-state index contributed by atoms with van der Waals surface area (Å²) in [6.45, 7) is 16.3. The van der Waals surface area contributed by atoms with Crippen molar-refractivity contribution in [3.8, 4) is 0 Å². The molecule has 4 unspecified atom stereocenters. The highest BCUT2D eigenvalue weighted by atomic mass is 16.1. The molecular weight excluding hydrogens is 208 g/mol. The summed E-state index contributed by atoms with van der Waals surface area (Å²) in [4.78, 5) is 12.9. The van der Waals surface area contributed by atoms with Crippen molar-refractivity contribution in [2.24, 2.45) is 33.0 Å². The van der Waals surface area contributed by atoms with Crippen LogP contribution in [0, 0.1) is 33.0 Å². The second kappa shape index (κ2) is 2.38. The Balaban J connectivity index is 2.26. The largest absolute Gasteiger partial charge is 0.298 e. The maximum Gasteiger partial charge on any atom is 0.145 e. The number of Topliss-reactive ketones (excluding diaryl/α,β-unsaturated/α-hetero) is 1. The summed E-state index contributed by atoms with van der Waals surface area (Å²) in [7, 11) is 0. The third-order valence-corrected chi connectivity index (χ3v) is 7.35. The van der Waals surface area contributed by atoms with Gasteiger partial charge in [0, 0.05) is 10.8 Å². The van der Waals surface area contributed by atoms with Crippen LogP contribution in [0.3, 0.4) is 0 Å². The summed E-state index contributed by atoms with van der Waals surface area (Å²) in [6.07, 6.45) is 2.19. The lowest BCUT2D eigenvalue weighted by molar-refractivity contribution is -0.338. The minimum absolute atomic E-state index is 0.0583. The molecule has 5 fully saturated rings. The van der Waals surface area contributed by atoms with Crippen LogP contribution in [-0.4, -0.2) is 5.78 Å². The van der Waals surface area contributed by atoms with E-state index in [1.54, 1.807) is 0 Å². The molecule has 5 aliphatic carbocycles. The lowest BCUT2D eigenvalue weighted by Crippen LogP contribution is -2.83. The van der Waals surface area contributed by atoms with Gasteiger partial charge in [0.25, 0.3) is 0 Å². The standard InChI is InChI=1S/C16H26O/c1-12(2)8-14(5)9-15(6)10(12)16(7,11(14)17)13(15,3)4/h10H,8-9H2,1-7H3. The van der Waals surface area contributed by atoms with Gasteiger partial charge in [0.05, 0.1) is 0 Å². The van der Waals surface area contributed by atoms with Crippen molar-refractivity contribution in [1.29, 1.82) is 0 Å². The third kappa shape index (κ3) is 0.822. The van der Waals surface area contributed by atoms with Crippen molar-refractivity contribution in [3.05, 3.63) is 0 Å². The Kier molecular flexibility index (Phi) is 1.64. The van der Waals surface area contributed by atoms with Crippen molar-refractivity contribution >= 4 is 5.78 Å². The van der Waals surface area contributed by atoms with Crippen LogP contribution in [0.4, 0.5) is 0 Å². The van der Waals surface area contributed by atoms with Gasteiger partial charge in [-0.3, -0.25) is 4.79 Å². The van der Waals surface area contributed by atoms with Gasteiger partial charge in [-0.05, 0) is 35.0 Å². The Bertz CT molecular complexity index is 433. The van der Waals surface area contributed by atoms with Crippen LogP contribution < -0.4 is 0 Å². The fourth-order valence-electron chi connectivity index (χ4n) is 7.02. The molecule has 17 heavy (non-hydrogen) atoms. The Hall–Kier alpha value is -0.330. The van der Waals surface area contributed by atoms with Crippen molar-refractivity contribution in [1.82, 2.24) is 0 Å². The highest BCUT2D eigenvalue weighted by molar-refractivity contribution is 5.95. The molecule has 0 amide bonds. The zero-order valence-corrected chi connectivity index (χ0v) is 12.4. The molecule has 0 radical (unpaired) electrons. The molecule has 0 N–H and O–H groups in total. The van der Waals surface area contributed by atoms with Gasteiger partial charge in [0.15, 0.2) is 0 Å². The first-order valence-electron chi connectivity index (χ1n) is 6.98. The second-order valence-electron chi connectivity index (χ2n) is 8.91. The number of hydrogen-bond donors (Lipinski definition) is 0. The average molecular weight is 234 g/mol. The van der Waals surface area contributed by atoms with Crippen molar-refractivity contribution in [2.75, 3.05) is 0 Å². The first kappa shape index (κ1) is 11.7. The molecule has 5 saturated carbocycles. The molecule has 4 bridgehead atoms. The van der Waals surface area contributed by atoms with Crippen LogP contribution in [0.25, 0.3) is 0 Å². The van der Waals surface area contributed by atoms with E-state index in [0.29, 0.717) is 22.5 Å². The quantitative estimate of drug-likeness (QED) is 0.617. The monoisotopic (exact) mass is 234 g/mol. The van der Waals surface area contributed by atoms with E-state index in [-0.39, 0.29) is 16.2 Å². The van der Waals surface area contributed by atoms with Crippen molar-refractivity contribution < 1.29 is 4.79 Å². The van der Waals surface area contributed by atoms with Gasteiger partial charge >= 0.3 is 0 Å². The number of ketones is 1. The summed E-state index contributed by atoms with van der Waals surface area (Å²) in [6, 6.07) is 0. The molecule has 5 rings (SSSR count). The molecule has 1 nitrogen and oxygen atoms in total. The Morgan fingerprint density at radius 3 is 2.00 bits per heavy atom. The van der Waals surface area contributed by atoms with E-state index in [2.05, 4.69) is 48.5 Å². The first-order chi connectivity index (χ1) is 7.43. The predicted molar refractivity (Wildman–Crippen MR) is 69.6 cm³/mol. The van der Waals surface area contributed by atoms with Crippen molar-refractivity contribution in [2.45, 2.75) is 61.3 Å². The topological polar surface area (TPSA) is 17.1 Å². The van der Waals surface area contributed by atoms with E-state index in [4.69, 9.17) is 0 Å². The third-order valence-electron chi connectivity index (χ3n) is 7.35. The van der Waals surface area contributed by atoms with Crippen LogP contribution in [0.15, 0.2) is 0 Å². The molecule has 0 heterocycles. The summed E-state index contributed by atoms with van der Waals surface area (Å²) in [5.41, 5.74) is 0.693. The van der Waals surface area contributed by atoms with E-state index in [0.717, 1.165) is 12.8 Å². The number of carbonyl (C=O) groups excluding carboxylic acids is 1. The van der Waals surface area contributed by atoms with Crippen LogP contribution in [0.5, 0.6) is 0 Å². The summed E-state index contributed by atoms with van der Waals surface area (Å²) >= 11 is 0. The second-order valence-corrected chi connectivity index (χ2v) is 8.91. The molecule has 0 aromatic heterocycles. The fourth-order valence-corrected chi connectivity index (χ4v) is 7.02. The highest BCUT2D eigenvalue weighted by Crippen LogP contribution is 2.86. The molecule has 1 heteroatoms. The minimum Gasteiger partial charge on any atom is -0.298 e. The van der Waals surface area contributed by atoms with Crippen LogP contribution in [-0.2, 0) is 4.79 Å². The molecule has 4 atom stereocenters. The number of hydrogen-bond acceptors (Lipinski definition) is 1. The van der Waals surface area contributed by atoms with E-state index in [9.17, 15) is 4.79 Å². The maximum absolute atomic E-state index is 12.9. The van der Waals surface area contributed by atoms with E-state index >= 15 is 0 Å². The van der Waals surface area contributed by atoms with Gasteiger partial charge in [-0.2, -0.15) is 0 Å². The molecule has 0 spiro atoms. The van der Waals surface area contributed by atoms with Gasteiger partial charge in [-0.25, -0.2) is 0 Å². The summed E-state index contributed by atoms with van der Waals surface area (Å²) in [5.74, 6) is 1.13. The van der Waals surface area contributed by atoms with E-state index in [1.165, 1.54) is 0 Å².